The fourth-order valence-electron chi connectivity index (χ4n) is 3.81. The molecule has 174 valence electrons. The SMILES string of the molecule is CC[C@@H](C)CN(CC(=O)N1CCc2sccc2[C@@H]1COc1ccc(Cl)cc1)C(=O)COC. The number of thiophene rings is 1. The second kappa shape index (κ2) is 11.7. The van der Waals surface area contributed by atoms with Gasteiger partial charge in [0, 0.05) is 30.1 Å². The Morgan fingerprint density at radius 1 is 1.28 bits per heavy atom. The third kappa shape index (κ3) is 6.24. The Labute approximate surface area is 199 Å². The molecule has 32 heavy (non-hydrogen) atoms. The highest BCUT2D eigenvalue weighted by atomic mass is 35.5. The Kier molecular flexibility index (Phi) is 8.96. The maximum Gasteiger partial charge on any atom is 0.249 e. The molecule has 1 aliphatic rings. The summed E-state index contributed by atoms with van der Waals surface area (Å²) in [7, 11) is 1.49. The first-order chi connectivity index (χ1) is 15.4. The molecular formula is C24H31ClN2O4S. The van der Waals surface area contributed by atoms with Crippen molar-refractivity contribution in [2.45, 2.75) is 32.7 Å². The van der Waals surface area contributed by atoms with Gasteiger partial charge in [-0.2, -0.15) is 0 Å². The van der Waals surface area contributed by atoms with Gasteiger partial charge >= 0.3 is 0 Å². The van der Waals surface area contributed by atoms with Gasteiger partial charge in [0.05, 0.1) is 12.6 Å². The molecule has 0 unspecified atom stereocenters. The maximum atomic E-state index is 13.4. The van der Waals surface area contributed by atoms with Gasteiger partial charge in [-0.15, -0.1) is 11.3 Å². The molecule has 0 spiro atoms. The first-order valence-corrected chi connectivity index (χ1v) is 12.2. The molecule has 1 aromatic heterocycles. The third-order valence-electron chi connectivity index (χ3n) is 5.81. The van der Waals surface area contributed by atoms with Crippen LogP contribution in [0.25, 0.3) is 0 Å². The van der Waals surface area contributed by atoms with Gasteiger partial charge in [-0.1, -0.05) is 31.9 Å². The lowest BCUT2D eigenvalue weighted by atomic mass is 10.00. The highest BCUT2D eigenvalue weighted by Crippen LogP contribution is 2.34. The summed E-state index contributed by atoms with van der Waals surface area (Å²) in [6.45, 7) is 5.67. The Bertz CT molecular complexity index is 902. The molecule has 8 heteroatoms. The lowest BCUT2D eigenvalue weighted by molar-refractivity contribution is -0.145. The number of ether oxygens (including phenoxy) is 2. The summed E-state index contributed by atoms with van der Waals surface area (Å²) in [5.41, 5.74) is 1.13. The van der Waals surface area contributed by atoms with E-state index in [9.17, 15) is 9.59 Å². The summed E-state index contributed by atoms with van der Waals surface area (Å²) in [4.78, 5) is 30.8. The minimum absolute atomic E-state index is 0.0263. The van der Waals surface area contributed by atoms with Gasteiger partial charge in [-0.05, 0) is 53.6 Å². The first-order valence-electron chi connectivity index (χ1n) is 10.9. The van der Waals surface area contributed by atoms with E-state index < -0.39 is 0 Å². The van der Waals surface area contributed by atoms with E-state index in [4.69, 9.17) is 21.1 Å². The predicted molar refractivity (Wildman–Crippen MR) is 127 cm³/mol. The zero-order valence-corrected chi connectivity index (χ0v) is 20.5. The second-order valence-electron chi connectivity index (χ2n) is 8.14. The lowest BCUT2D eigenvalue weighted by Crippen LogP contribution is -2.49. The molecule has 2 heterocycles. The van der Waals surface area contributed by atoms with Gasteiger partial charge in [0.15, 0.2) is 0 Å². The van der Waals surface area contributed by atoms with Gasteiger partial charge in [0.2, 0.25) is 11.8 Å². The lowest BCUT2D eigenvalue weighted by Gasteiger charge is -2.37. The molecule has 1 aliphatic heterocycles. The number of amides is 2. The number of rotatable bonds is 10. The quantitative estimate of drug-likeness (QED) is 0.507. The number of carbonyl (C=O) groups excluding carboxylic acids is 2. The Morgan fingerprint density at radius 3 is 2.72 bits per heavy atom. The molecule has 0 radical (unpaired) electrons. The van der Waals surface area contributed by atoms with E-state index in [1.807, 2.05) is 17.0 Å². The minimum Gasteiger partial charge on any atom is -0.491 e. The van der Waals surface area contributed by atoms with Crippen molar-refractivity contribution >= 4 is 34.8 Å². The normalized spacial score (nSPS) is 16.4. The summed E-state index contributed by atoms with van der Waals surface area (Å²) in [6.07, 6.45) is 1.75. The summed E-state index contributed by atoms with van der Waals surface area (Å²) in [6, 6.07) is 9.08. The Hall–Kier alpha value is -2.09. The van der Waals surface area contributed by atoms with Crippen LogP contribution in [0.1, 0.15) is 36.8 Å². The largest absolute Gasteiger partial charge is 0.491 e. The summed E-state index contributed by atoms with van der Waals surface area (Å²) < 4.78 is 11.1. The van der Waals surface area contributed by atoms with Crippen molar-refractivity contribution in [1.82, 2.24) is 9.80 Å². The van der Waals surface area contributed by atoms with Gasteiger partial charge in [0.25, 0.3) is 0 Å². The number of halogens is 1. The van der Waals surface area contributed by atoms with Crippen molar-refractivity contribution in [3.63, 3.8) is 0 Å². The molecule has 6 nitrogen and oxygen atoms in total. The van der Waals surface area contributed by atoms with Crippen LogP contribution in [0.5, 0.6) is 5.75 Å². The van der Waals surface area contributed by atoms with Crippen LogP contribution < -0.4 is 4.74 Å². The van der Waals surface area contributed by atoms with Crippen LogP contribution in [0.15, 0.2) is 35.7 Å². The van der Waals surface area contributed by atoms with Gasteiger partial charge in [-0.25, -0.2) is 0 Å². The molecule has 0 fully saturated rings. The third-order valence-corrected chi connectivity index (χ3v) is 7.06. The number of carbonyl (C=O) groups is 2. The molecular weight excluding hydrogens is 448 g/mol. The summed E-state index contributed by atoms with van der Waals surface area (Å²) >= 11 is 7.68. The van der Waals surface area contributed by atoms with E-state index in [2.05, 4.69) is 25.3 Å². The number of nitrogens with zero attached hydrogens (tertiary/aromatic N) is 2. The zero-order valence-electron chi connectivity index (χ0n) is 18.9. The molecule has 2 amide bonds. The van der Waals surface area contributed by atoms with E-state index in [0.29, 0.717) is 36.4 Å². The molecule has 2 atom stereocenters. The maximum absolute atomic E-state index is 13.4. The van der Waals surface area contributed by atoms with Crippen molar-refractivity contribution in [3.05, 3.63) is 51.2 Å². The van der Waals surface area contributed by atoms with Crippen LogP contribution in [-0.4, -0.2) is 61.6 Å². The fourth-order valence-corrected chi connectivity index (χ4v) is 4.86. The van der Waals surface area contributed by atoms with Crippen LogP contribution in [0.4, 0.5) is 0 Å². The average Bonchev–Trinajstić information content (AvgIpc) is 3.27. The van der Waals surface area contributed by atoms with E-state index in [1.54, 1.807) is 28.4 Å². The number of benzene rings is 1. The molecule has 2 aromatic rings. The van der Waals surface area contributed by atoms with Gasteiger partial charge in [-0.3, -0.25) is 9.59 Å². The smallest absolute Gasteiger partial charge is 0.249 e. The van der Waals surface area contributed by atoms with Crippen LogP contribution >= 0.6 is 22.9 Å². The highest BCUT2D eigenvalue weighted by molar-refractivity contribution is 7.10. The number of hydrogen-bond donors (Lipinski definition) is 0. The Balaban J connectivity index is 1.75. The summed E-state index contributed by atoms with van der Waals surface area (Å²) in [5, 5.41) is 2.71. The van der Waals surface area contributed by atoms with Crippen LogP contribution in [0.3, 0.4) is 0 Å². The first kappa shape index (κ1) is 24.6. The monoisotopic (exact) mass is 478 g/mol. The molecule has 0 saturated heterocycles. The van der Waals surface area contributed by atoms with Crippen molar-refractivity contribution < 1.29 is 19.1 Å². The van der Waals surface area contributed by atoms with E-state index in [0.717, 1.165) is 18.4 Å². The average molecular weight is 479 g/mol. The highest BCUT2D eigenvalue weighted by Gasteiger charge is 2.33. The van der Waals surface area contributed by atoms with E-state index >= 15 is 0 Å². The van der Waals surface area contributed by atoms with Crippen LogP contribution in [0.2, 0.25) is 5.02 Å². The van der Waals surface area contributed by atoms with Crippen LogP contribution in [0, 0.1) is 5.92 Å². The van der Waals surface area contributed by atoms with Gasteiger partial charge < -0.3 is 19.3 Å². The van der Waals surface area contributed by atoms with Crippen molar-refractivity contribution in [1.29, 1.82) is 0 Å². The number of hydrogen-bond acceptors (Lipinski definition) is 5. The van der Waals surface area contributed by atoms with E-state index in [-0.39, 0.29) is 31.0 Å². The minimum atomic E-state index is -0.198. The van der Waals surface area contributed by atoms with Crippen molar-refractivity contribution in [3.8, 4) is 5.75 Å². The molecule has 0 bridgehead atoms. The van der Waals surface area contributed by atoms with Gasteiger partial charge in [0.1, 0.15) is 19.0 Å². The molecule has 0 saturated carbocycles. The Morgan fingerprint density at radius 2 is 2.03 bits per heavy atom. The number of fused-ring (bicyclic) bond motifs is 1. The van der Waals surface area contributed by atoms with Crippen LogP contribution in [-0.2, 0) is 20.7 Å². The van der Waals surface area contributed by atoms with Crippen molar-refractivity contribution in [2.24, 2.45) is 5.92 Å². The molecule has 3 rings (SSSR count). The molecule has 1 aromatic carbocycles. The second-order valence-corrected chi connectivity index (χ2v) is 9.57. The summed E-state index contributed by atoms with van der Waals surface area (Å²) in [5.74, 6) is 0.776. The standard InChI is InChI=1S/C24H31ClN2O4S/c1-4-17(2)13-26(24(29)16-30-3)14-23(28)27-11-9-22-20(10-12-32-22)21(27)15-31-19-7-5-18(25)6-8-19/h5-8,10,12,17,21H,4,9,11,13-16H2,1-3H3/t17-,21+/m1/s1. The fraction of sp³-hybridized carbons (Fsp3) is 0.500. The predicted octanol–water partition coefficient (Wildman–Crippen LogP) is 4.43. The topological polar surface area (TPSA) is 59.1 Å². The zero-order chi connectivity index (χ0) is 23.1. The van der Waals surface area contributed by atoms with E-state index in [1.165, 1.54) is 12.0 Å². The number of methoxy groups -OCH3 is 1. The van der Waals surface area contributed by atoms with Crippen molar-refractivity contribution in [2.75, 3.05) is 40.0 Å². The molecule has 0 N–H and O–H groups in total. The molecule has 0 aliphatic carbocycles.